The number of hydrogen-bond donors (Lipinski definition) is 2. The smallest absolute Gasteiger partial charge is 0.119 e. The van der Waals surface area contributed by atoms with E-state index >= 15 is 0 Å². The maximum absolute atomic E-state index is 11.6. The Balaban J connectivity index is 0.000000480. The van der Waals surface area contributed by atoms with E-state index in [-0.39, 0.29) is 13.2 Å². The summed E-state index contributed by atoms with van der Waals surface area (Å²) >= 11 is -1.44. The molecule has 10 nitrogen and oxygen atoms in total. The maximum Gasteiger partial charge on any atom is 0.119 e. The van der Waals surface area contributed by atoms with Crippen molar-refractivity contribution < 1.29 is 28.8 Å². The summed E-state index contributed by atoms with van der Waals surface area (Å²) in [5.41, 5.74) is 1.17. The summed E-state index contributed by atoms with van der Waals surface area (Å²) in [6.45, 7) is 13.0. The molecule has 0 amide bonds. The molecule has 2 aromatic carbocycles. The predicted octanol–water partition coefficient (Wildman–Crippen LogP) is 4.34. The number of ether oxygens (including phenoxy) is 2. The number of likely N-dealkylation sites (N-methyl/N-ethyl adjacent to an activating group) is 2. The summed E-state index contributed by atoms with van der Waals surface area (Å²) in [6.07, 6.45) is 2.50. The van der Waals surface area contributed by atoms with Crippen molar-refractivity contribution in [3.8, 4) is 23.6 Å². The fourth-order valence-corrected chi connectivity index (χ4v) is 6.87. The Kier molecular flexibility index (Phi) is 24.8. The van der Waals surface area contributed by atoms with Crippen LogP contribution in [0.1, 0.15) is 64.5 Å². The highest BCUT2D eigenvalue weighted by molar-refractivity contribution is 7.91. The molecule has 2 aromatic rings. The van der Waals surface area contributed by atoms with Crippen LogP contribution in [0.3, 0.4) is 0 Å². The van der Waals surface area contributed by atoms with E-state index in [9.17, 15) is 19.3 Å². The Morgan fingerprint density at radius 3 is 1.29 bits per heavy atom. The minimum Gasteiger partial charge on any atom is -0.616 e. The second kappa shape index (κ2) is 27.3. The molecule has 4 unspecified atom stereocenters. The molecule has 0 bridgehead atoms. The quantitative estimate of drug-likeness (QED) is 0.151. The molecular formula is C36H56N4O6S2. The molecule has 0 saturated carbocycles. The van der Waals surface area contributed by atoms with Gasteiger partial charge in [-0.25, -0.2) is 0 Å². The zero-order chi connectivity index (χ0) is 35.6. The fraction of sp³-hybridized carbons (Fsp3) is 0.611. The monoisotopic (exact) mass is 704 g/mol. The Labute approximate surface area is 295 Å². The molecule has 2 rings (SSSR count). The van der Waals surface area contributed by atoms with Crippen LogP contribution in [0.4, 0.5) is 0 Å². The third kappa shape index (κ3) is 20.8. The zero-order valence-corrected chi connectivity index (χ0v) is 30.9. The molecular weight excluding hydrogens is 649 g/mol. The first kappa shape index (κ1) is 43.5. The standard InChI is InChI=1S/2C18H28N2O3S/c2*1-3-11-24(22)12-5-10-20(4-2)14-17(21)15-23-18-8-6-16(13-19)7-9-18/h2*6-9,17,21H,3-5,10-12,14-15H2,1-2H3. The van der Waals surface area contributed by atoms with Gasteiger partial charge in [-0.15, -0.1) is 0 Å². The van der Waals surface area contributed by atoms with Crippen molar-refractivity contribution in [3.63, 3.8) is 0 Å². The maximum atomic E-state index is 11.6. The number of benzene rings is 2. The Bertz CT molecular complexity index is 1070. The summed E-state index contributed by atoms with van der Waals surface area (Å²) in [7, 11) is 0. The SMILES string of the molecule is CCC[S+]([O-])CCCN(CC)CC(O)COc1ccc(C#N)cc1.CCC[S+]([O-])CCCN(CC)CC(O)COc1ccc(C#N)cc1. The van der Waals surface area contributed by atoms with Crippen molar-refractivity contribution in [1.82, 2.24) is 9.80 Å². The number of rotatable bonds is 24. The average Bonchev–Trinajstić information content (AvgIpc) is 3.09. The van der Waals surface area contributed by atoms with Crippen LogP contribution in [-0.2, 0) is 22.4 Å². The van der Waals surface area contributed by atoms with Crippen molar-refractivity contribution in [3.05, 3.63) is 59.7 Å². The van der Waals surface area contributed by atoms with Crippen LogP contribution in [0, 0.1) is 22.7 Å². The van der Waals surface area contributed by atoms with Crippen molar-refractivity contribution in [1.29, 1.82) is 10.5 Å². The molecule has 0 heterocycles. The van der Waals surface area contributed by atoms with Gasteiger partial charge in [0.1, 0.15) is 59.9 Å². The summed E-state index contributed by atoms with van der Waals surface area (Å²) in [5.74, 6) is 4.28. The van der Waals surface area contributed by atoms with Gasteiger partial charge in [-0.2, -0.15) is 10.5 Å². The molecule has 0 aliphatic heterocycles. The highest BCUT2D eigenvalue weighted by atomic mass is 32.2. The van der Waals surface area contributed by atoms with Gasteiger partial charge in [0.05, 0.1) is 23.3 Å². The van der Waals surface area contributed by atoms with E-state index < -0.39 is 34.6 Å². The molecule has 4 atom stereocenters. The molecule has 2 N–H and O–H groups in total. The first-order valence-corrected chi connectivity index (χ1v) is 19.9. The summed E-state index contributed by atoms with van der Waals surface area (Å²) in [4.78, 5) is 4.30. The zero-order valence-electron chi connectivity index (χ0n) is 29.2. The van der Waals surface area contributed by atoms with Crippen LogP contribution in [0.25, 0.3) is 0 Å². The lowest BCUT2D eigenvalue weighted by Gasteiger charge is -2.23. The topological polar surface area (TPSA) is 159 Å². The Morgan fingerprint density at radius 1 is 0.646 bits per heavy atom. The first-order valence-electron chi connectivity index (χ1n) is 16.9. The largest absolute Gasteiger partial charge is 0.616 e. The van der Waals surface area contributed by atoms with Gasteiger partial charge in [0.2, 0.25) is 0 Å². The predicted molar refractivity (Wildman–Crippen MR) is 195 cm³/mol. The van der Waals surface area contributed by atoms with Gasteiger partial charge < -0.3 is 38.6 Å². The van der Waals surface area contributed by atoms with Gasteiger partial charge in [0, 0.05) is 39.0 Å². The molecule has 48 heavy (non-hydrogen) atoms. The van der Waals surface area contributed by atoms with E-state index in [1.54, 1.807) is 48.5 Å². The number of aliphatic hydroxyl groups excluding tert-OH is 2. The van der Waals surface area contributed by atoms with E-state index in [0.717, 1.165) is 74.9 Å². The van der Waals surface area contributed by atoms with E-state index in [2.05, 4.69) is 35.8 Å². The Morgan fingerprint density at radius 2 is 1.00 bits per heavy atom. The second-order valence-corrected chi connectivity index (χ2v) is 14.8. The summed E-state index contributed by atoms with van der Waals surface area (Å²) in [6, 6.07) is 17.8. The third-order valence-corrected chi connectivity index (χ3v) is 10.5. The first-order chi connectivity index (χ1) is 23.2. The van der Waals surface area contributed by atoms with Gasteiger partial charge >= 0.3 is 0 Å². The molecule has 0 saturated heterocycles. The number of aliphatic hydroxyl groups is 2. The van der Waals surface area contributed by atoms with Crippen LogP contribution in [-0.4, -0.2) is 117 Å². The minimum atomic E-state index is -0.719. The summed E-state index contributed by atoms with van der Waals surface area (Å²) < 4.78 is 34.4. The van der Waals surface area contributed by atoms with Crippen molar-refractivity contribution >= 4 is 22.4 Å². The van der Waals surface area contributed by atoms with Crippen LogP contribution in [0.2, 0.25) is 0 Å². The van der Waals surface area contributed by atoms with Gasteiger partial charge in [0.15, 0.2) is 0 Å². The van der Waals surface area contributed by atoms with Crippen LogP contribution < -0.4 is 9.47 Å². The van der Waals surface area contributed by atoms with Gasteiger partial charge in [-0.05, 0) is 74.5 Å². The molecule has 0 aliphatic rings. The normalized spacial score (nSPS) is 13.5. The highest BCUT2D eigenvalue weighted by Gasteiger charge is 2.14. The summed E-state index contributed by atoms with van der Waals surface area (Å²) in [5, 5.41) is 37.8. The third-order valence-electron chi connectivity index (χ3n) is 7.24. The van der Waals surface area contributed by atoms with E-state index in [1.165, 1.54) is 0 Å². The molecule has 0 fully saturated rings. The van der Waals surface area contributed by atoms with Crippen molar-refractivity contribution in [2.75, 3.05) is 75.5 Å². The Hall–Kier alpha value is -2.52. The fourth-order valence-electron chi connectivity index (χ4n) is 4.65. The van der Waals surface area contributed by atoms with Crippen LogP contribution >= 0.6 is 0 Å². The molecule has 268 valence electrons. The minimum absolute atomic E-state index is 0.212. The van der Waals surface area contributed by atoms with E-state index in [0.29, 0.717) is 35.7 Å². The van der Waals surface area contributed by atoms with Crippen LogP contribution in [0.5, 0.6) is 11.5 Å². The van der Waals surface area contributed by atoms with Crippen molar-refractivity contribution in [2.24, 2.45) is 0 Å². The van der Waals surface area contributed by atoms with Gasteiger partial charge in [0.25, 0.3) is 0 Å². The number of nitrogens with zero attached hydrogens (tertiary/aromatic N) is 4. The molecule has 0 aromatic heterocycles. The second-order valence-electron chi connectivity index (χ2n) is 11.4. The van der Waals surface area contributed by atoms with Gasteiger partial charge in [-0.1, -0.05) is 50.0 Å². The molecule has 12 heteroatoms. The van der Waals surface area contributed by atoms with Crippen molar-refractivity contribution in [2.45, 2.75) is 65.6 Å². The number of hydrogen-bond acceptors (Lipinski definition) is 10. The highest BCUT2D eigenvalue weighted by Crippen LogP contribution is 2.13. The van der Waals surface area contributed by atoms with Gasteiger partial charge in [-0.3, -0.25) is 0 Å². The lowest BCUT2D eigenvalue weighted by molar-refractivity contribution is 0.0699. The van der Waals surface area contributed by atoms with E-state index in [4.69, 9.17) is 20.0 Å². The lowest BCUT2D eigenvalue weighted by Crippen LogP contribution is -2.36. The number of nitriles is 2. The molecule has 0 radical (unpaired) electrons. The van der Waals surface area contributed by atoms with Crippen LogP contribution in [0.15, 0.2) is 48.5 Å². The molecule has 0 aliphatic carbocycles. The lowest BCUT2D eigenvalue weighted by atomic mass is 10.2. The average molecular weight is 705 g/mol. The molecule has 0 spiro atoms. The van der Waals surface area contributed by atoms with E-state index in [1.807, 2.05) is 13.8 Å².